The Morgan fingerprint density at radius 2 is 2.03 bits per heavy atom. The minimum atomic E-state index is -0.234. The van der Waals surface area contributed by atoms with E-state index >= 15 is 0 Å². The van der Waals surface area contributed by atoms with Crippen molar-refractivity contribution >= 4 is 51.4 Å². The fourth-order valence-electron chi connectivity index (χ4n) is 2.44. The van der Waals surface area contributed by atoms with Crippen LogP contribution in [0.3, 0.4) is 0 Å². The molecule has 0 aliphatic heterocycles. The number of hydrazone groups is 1. The van der Waals surface area contributed by atoms with Gasteiger partial charge < -0.3 is 20.6 Å². The van der Waals surface area contributed by atoms with Gasteiger partial charge in [0.25, 0.3) is 5.95 Å². The monoisotopic (exact) mass is 505 g/mol. The zero-order chi connectivity index (χ0) is 22.2. The Labute approximate surface area is 191 Å². The number of methoxy groups -OCH3 is 2. The predicted octanol–water partition coefficient (Wildman–Crippen LogP) is 2.95. The smallest absolute Gasteiger partial charge is 0.264 e. The molecule has 0 saturated heterocycles. The number of aromatic nitrogens is 3. The molecule has 0 spiro atoms. The first-order valence-corrected chi connectivity index (χ1v) is 10.7. The molecule has 4 N–H and O–H groups in total. The van der Waals surface area contributed by atoms with Crippen LogP contribution >= 0.6 is 27.7 Å². The number of anilines is 2. The van der Waals surface area contributed by atoms with Gasteiger partial charge in [-0.05, 0) is 29.8 Å². The summed E-state index contributed by atoms with van der Waals surface area (Å²) >= 11 is 4.54. The number of hydrogen-bond acceptors (Lipinski definition) is 9. The molecule has 1 heterocycles. The molecule has 0 radical (unpaired) electrons. The van der Waals surface area contributed by atoms with Crippen molar-refractivity contribution in [1.29, 1.82) is 0 Å². The van der Waals surface area contributed by atoms with Crippen molar-refractivity contribution in [3.8, 4) is 11.5 Å². The summed E-state index contributed by atoms with van der Waals surface area (Å²) in [5, 5.41) is 15.2. The van der Waals surface area contributed by atoms with Crippen LogP contribution in [-0.2, 0) is 4.79 Å². The van der Waals surface area contributed by atoms with E-state index in [1.807, 2.05) is 24.3 Å². The van der Waals surface area contributed by atoms with Gasteiger partial charge in [0, 0.05) is 16.2 Å². The second kappa shape index (κ2) is 10.7. The Hall–Kier alpha value is -3.25. The first kappa shape index (κ1) is 22.4. The van der Waals surface area contributed by atoms with E-state index in [0.717, 1.165) is 21.8 Å². The number of nitrogens with two attached hydrogens (primary N) is 1. The standard InChI is InChI=1S/C19H20BrN7O3S/c1-29-15-7-6-14(9-16(15)30-2)23-17(28)11-31-19-26-25-18(27(19)21)24-22-10-12-4-3-5-13(20)8-12/h3-10H,11,21H2,1-2H3,(H,23,28)(H,24,25)/b22-10+. The third kappa shape index (κ3) is 6.12. The van der Waals surface area contributed by atoms with Gasteiger partial charge in [0.15, 0.2) is 11.5 Å². The number of nitrogens with zero attached hydrogens (tertiary/aromatic N) is 4. The summed E-state index contributed by atoms with van der Waals surface area (Å²) in [6.45, 7) is 0. The molecule has 0 aliphatic rings. The van der Waals surface area contributed by atoms with E-state index in [9.17, 15) is 4.79 Å². The molecular weight excluding hydrogens is 486 g/mol. The highest BCUT2D eigenvalue weighted by Crippen LogP contribution is 2.29. The number of carbonyl (C=O) groups is 1. The molecule has 0 aliphatic carbocycles. The second-order valence-corrected chi connectivity index (χ2v) is 7.87. The fourth-order valence-corrected chi connectivity index (χ4v) is 3.52. The highest BCUT2D eigenvalue weighted by molar-refractivity contribution is 9.10. The van der Waals surface area contributed by atoms with Gasteiger partial charge in [-0.15, -0.1) is 10.2 Å². The summed E-state index contributed by atoms with van der Waals surface area (Å²) in [5.41, 5.74) is 4.21. The SMILES string of the molecule is COc1ccc(NC(=O)CSc2nnc(N/N=C/c3cccc(Br)c3)n2N)cc1OC. The van der Waals surface area contributed by atoms with E-state index < -0.39 is 0 Å². The molecule has 10 nitrogen and oxygen atoms in total. The third-order valence-corrected chi connectivity index (χ3v) is 5.33. The van der Waals surface area contributed by atoms with Crippen molar-refractivity contribution in [3.63, 3.8) is 0 Å². The molecule has 1 aromatic heterocycles. The maximum absolute atomic E-state index is 12.3. The van der Waals surface area contributed by atoms with Crippen LogP contribution in [0.5, 0.6) is 11.5 Å². The van der Waals surface area contributed by atoms with Gasteiger partial charge in [-0.2, -0.15) is 5.10 Å². The molecule has 31 heavy (non-hydrogen) atoms. The van der Waals surface area contributed by atoms with Gasteiger partial charge in [0.1, 0.15) is 0 Å². The number of carbonyl (C=O) groups excluding carboxylic acids is 1. The van der Waals surface area contributed by atoms with Gasteiger partial charge in [-0.3, -0.25) is 4.79 Å². The van der Waals surface area contributed by atoms with E-state index in [0.29, 0.717) is 22.3 Å². The predicted molar refractivity (Wildman–Crippen MR) is 124 cm³/mol. The minimum absolute atomic E-state index is 0.0883. The average Bonchev–Trinajstić information content (AvgIpc) is 3.11. The first-order valence-electron chi connectivity index (χ1n) is 8.90. The number of hydrogen-bond donors (Lipinski definition) is 3. The Bertz CT molecular complexity index is 1090. The lowest BCUT2D eigenvalue weighted by Crippen LogP contribution is -2.17. The molecule has 0 atom stereocenters. The molecule has 0 saturated carbocycles. The number of amides is 1. The summed E-state index contributed by atoms with van der Waals surface area (Å²) in [7, 11) is 3.08. The number of thioether (sulfide) groups is 1. The van der Waals surface area contributed by atoms with E-state index in [-0.39, 0.29) is 17.6 Å². The number of benzene rings is 2. The quantitative estimate of drug-likeness (QED) is 0.175. The third-order valence-electron chi connectivity index (χ3n) is 3.89. The number of nitrogen functional groups attached to an aromatic ring is 1. The number of rotatable bonds is 9. The first-order chi connectivity index (χ1) is 15.0. The molecule has 2 aromatic carbocycles. The number of nitrogens with one attached hydrogen (secondary N) is 2. The fraction of sp³-hybridized carbons (Fsp3) is 0.158. The normalized spacial score (nSPS) is 10.8. The van der Waals surface area contributed by atoms with Crippen LogP contribution in [-0.4, -0.2) is 47.0 Å². The van der Waals surface area contributed by atoms with Crippen LogP contribution in [0.4, 0.5) is 11.6 Å². The molecule has 3 aromatic rings. The van der Waals surface area contributed by atoms with Crippen molar-refractivity contribution in [2.24, 2.45) is 5.10 Å². The molecule has 0 fully saturated rings. The summed E-state index contributed by atoms with van der Waals surface area (Å²) in [4.78, 5) is 12.3. The van der Waals surface area contributed by atoms with Gasteiger partial charge in [0.2, 0.25) is 11.1 Å². The van der Waals surface area contributed by atoms with E-state index in [4.69, 9.17) is 15.3 Å². The van der Waals surface area contributed by atoms with Crippen LogP contribution in [0.1, 0.15) is 5.56 Å². The topological polar surface area (TPSA) is 129 Å². The summed E-state index contributed by atoms with van der Waals surface area (Å²) in [6.07, 6.45) is 1.63. The molecule has 1 amide bonds. The minimum Gasteiger partial charge on any atom is -0.493 e. The lowest BCUT2D eigenvalue weighted by atomic mass is 10.2. The summed E-state index contributed by atoms with van der Waals surface area (Å²) in [5.74, 6) is 7.18. The lowest BCUT2D eigenvalue weighted by molar-refractivity contribution is -0.113. The van der Waals surface area contributed by atoms with Crippen LogP contribution in [0.25, 0.3) is 0 Å². The molecule has 3 rings (SSSR count). The zero-order valence-electron chi connectivity index (χ0n) is 16.7. The largest absolute Gasteiger partial charge is 0.493 e. The van der Waals surface area contributed by atoms with Gasteiger partial charge in [0.05, 0.1) is 26.2 Å². The molecule has 162 valence electrons. The lowest BCUT2D eigenvalue weighted by Gasteiger charge is -2.10. The Kier molecular flexibility index (Phi) is 7.73. The van der Waals surface area contributed by atoms with Gasteiger partial charge in [-0.1, -0.05) is 39.8 Å². The van der Waals surface area contributed by atoms with Crippen LogP contribution in [0.2, 0.25) is 0 Å². The average molecular weight is 506 g/mol. The number of halogens is 1. The highest BCUT2D eigenvalue weighted by Gasteiger charge is 2.13. The van der Waals surface area contributed by atoms with Gasteiger partial charge in [-0.25, -0.2) is 10.1 Å². The molecule has 0 unspecified atom stereocenters. The van der Waals surface area contributed by atoms with Gasteiger partial charge >= 0.3 is 0 Å². The van der Waals surface area contributed by atoms with Crippen LogP contribution in [0, 0.1) is 0 Å². The van der Waals surface area contributed by atoms with Crippen LogP contribution in [0.15, 0.2) is 57.2 Å². The van der Waals surface area contributed by atoms with Crippen molar-refractivity contribution in [2.45, 2.75) is 5.16 Å². The maximum atomic E-state index is 12.3. The number of ether oxygens (including phenoxy) is 2. The zero-order valence-corrected chi connectivity index (χ0v) is 19.1. The Morgan fingerprint density at radius 3 is 2.77 bits per heavy atom. The Morgan fingerprint density at radius 1 is 1.23 bits per heavy atom. The van der Waals surface area contributed by atoms with Crippen molar-refractivity contribution in [1.82, 2.24) is 14.9 Å². The van der Waals surface area contributed by atoms with E-state index in [1.165, 1.54) is 11.8 Å². The van der Waals surface area contributed by atoms with Crippen molar-refractivity contribution < 1.29 is 14.3 Å². The summed E-state index contributed by atoms with van der Waals surface area (Å²) < 4.78 is 12.6. The van der Waals surface area contributed by atoms with Crippen molar-refractivity contribution in [2.75, 3.05) is 36.6 Å². The summed E-state index contributed by atoms with van der Waals surface area (Å²) in [6, 6.07) is 12.8. The van der Waals surface area contributed by atoms with E-state index in [2.05, 4.69) is 42.0 Å². The maximum Gasteiger partial charge on any atom is 0.264 e. The molecule has 0 bridgehead atoms. The second-order valence-electron chi connectivity index (χ2n) is 6.01. The Balaban J connectivity index is 1.54. The van der Waals surface area contributed by atoms with E-state index in [1.54, 1.807) is 31.5 Å². The molecular formula is C19H20BrN7O3S. The van der Waals surface area contributed by atoms with Crippen molar-refractivity contribution in [3.05, 3.63) is 52.5 Å². The van der Waals surface area contributed by atoms with Crippen LogP contribution < -0.4 is 26.1 Å². The highest BCUT2D eigenvalue weighted by atomic mass is 79.9. The molecule has 12 heteroatoms.